The second-order valence-electron chi connectivity index (χ2n) is 4.07. The summed E-state index contributed by atoms with van der Waals surface area (Å²) < 4.78 is 20.2. The van der Waals surface area contributed by atoms with Gasteiger partial charge in [0.2, 0.25) is 0 Å². The summed E-state index contributed by atoms with van der Waals surface area (Å²) in [4.78, 5) is 4.52. The van der Waals surface area contributed by atoms with Gasteiger partial charge in [0.15, 0.2) is 0 Å². The molecular formula is C13H18FN3O. The van der Waals surface area contributed by atoms with Crippen LogP contribution in [0.4, 0.5) is 4.39 Å². The first-order chi connectivity index (χ1) is 8.76. The van der Waals surface area contributed by atoms with Gasteiger partial charge in [-0.1, -0.05) is 0 Å². The maximum Gasteiger partial charge on any atom is 0.125 e. The van der Waals surface area contributed by atoms with Crippen LogP contribution < -0.4 is 5.32 Å². The second-order valence-corrected chi connectivity index (χ2v) is 4.07. The van der Waals surface area contributed by atoms with Gasteiger partial charge in [-0.15, -0.1) is 0 Å². The normalized spacial score (nSPS) is 11.3. The highest BCUT2D eigenvalue weighted by Gasteiger charge is 2.09. The highest BCUT2D eigenvalue weighted by atomic mass is 19.1. The molecule has 1 aromatic heterocycles. The van der Waals surface area contributed by atoms with Gasteiger partial charge >= 0.3 is 0 Å². The molecule has 1 heterocycles. The first-order valence-corrected chi connectivity index (χ1v) is 6.10. The molecule has 5 heteroatoms. The van der Waals surface area contributed by atoms with E-state index in [1.165, 1.54) is 12.1 Å². The van der Waals surface area contributed by atoms with Crippen molar-refractivity contribution in [2.45, 2.75) is 20.0 Å². The predicted molar refractivity (Wildman–Crippen MR) is 68.9 cm³/mol. The van der Waals surface area contributed by atoms with Gasteiger partial charge < -0.3 is 14.6 Å². The number of halogens is 1. The van der Waals surface area contributed by atoms with Crippen LogP contribution in [0.1, 0.15) is 12.7 Å². The fourth-order valence-electron chi connectivity index (χ4n) is 2.01. The van der Waals surface area contributed by atoms with Crippen molar-refractivity contribution in [3.05, 3.63) is 29.8 Å². The van der Waals surface area contributed by atoms with Crippen LogP contribution >= 0.6 is 0 Å². The van der Waals surface area contributed by atoms with E-state index in [0.29, 0.717) is 13.2 Å². The van der Waals surface area contributed by atoms with E-state index in [2.05, 4.69) is 10.3 Å². The molecule has 0 radical (unpaired) electrons. The van der Waals surface area contributed by atoms with E-state index in [0.717, 1.165) is 29.9 Å². The Balaban J connectivity index is 2.21. The second kappa shape index (κ2) is 5.93. The molecular weight excluding hydrogens is 233 g/mol. The molecule has 0 saturated carbocycles. The van der Waals surface area contributed by atoms with Gasteiger partial charge in [-0.25, -0.2) is 9.37 Å². The lowest BCUT2D eigenvalue weighted by Gasteiger charge is -2.07. The Hall–Kier alpha value is -1.46. The molecule has 0 unspecified atom stereocenters. The molecule has 0 saturated heterocycles. The molecule has 0 fully saturated rings. The number of nitrogens with zero attached hydrogens (tertiary/aromatic N) is 2. The van der Waals surface area contributed by atoms with E-state index in [9.17, 15) is 4.39 Å². The van der Waals surface area contributed by atoms with Gasteiger partial charge in [0.25, 0.3) is 0 Å². The minimum Gasteiger partial charge on any atom is -0.383 e. The molecule has 98 valence electrons. The standard InChI is InChI=1S/C13H18FN3O/c1-3-17-12-8-10(14)4-5-11(12)16-13(17)9-15-6-7-18-2/h4-5,8,15H,3,6-7,9H2,1-2H3. The third-order valence-electron chi connectivity index (χ3n) is 2.87. The van der Waals surface area contributed by atoms with Gasteiger partial charge in [0.05, 0.1) is 24.2 Å². The summed E-state index contributed by atoms with van der Waals surface area (Å²) >= 11 is 0. The molecule has 0 amide bonds. The van der Waals surface area contributed by atoms with Crippen molar-refractivity contribution in [1.29, 1.82) is 0 Å². The zero-order valence-electron chi connectivity index (χ0n) is 10.7. The lowest BCUT2D eigenvalue weighted by atomic mass is 10.3. The number of benzene rings is 1. The molecule has 0 aliphatic rings. The number of rotatable bonds is 6. The topological polar surface area (TPSA) is 39.1 Å². The smallest absolute Gasteiger partial charge is 0.125 e. The largest absolute Gasteiger partial charge is 0.383 e. The Bertz CT molecular complexity index is 524. The van der Waals surface area contributed by atoms with E-state index in [4.69, 9.17) is 4.74 Å². The fraction of sp³-hybridized carbons (Fsp3) is 0.462. The monoisotopic (exact) mass is 251 g/mol. The van der Waals surface area contributed by atoms with Crippen LogP contribution in [0.15, 0.2) is 18.2 Å². The first-order valence-electron chi connectivity index (χ1n) is 6.10. The highest BCUT2D eigenvalue weighted by molar-refractivity contribution is 5.76. The number of imidazole rings is 1. The van der Waals surface area contributed by atoms with Crippen LogP contribution in [0.25, 0.3) is 11.0 Å². The zero-order chi connectivity index (χ0) is 13.0. The van der Waals surface area contributed by atoms with Gasteiger partial charge in [-0.3, -0.25) is 0 Å². The average molecular weight is 251 g/mol. The summed E-state index contributed by atoms with van der Waals surface area (Å²) in [6.07, 6.45) is 0. The summed E-state index contributed by atoms with van der Waals surface area (Å²) in [5.74, 6) is 0.699. The molecule has 0 atom stereocenters. The van der Waals surface area contributed by atoms with Crippen LogP contribution in [0, 0.1) is 5.82 Å². The van der Waals surface area contributed by atoms with E-state index >= 15 is 0 Å². The van der Waals surface area contributed by atoms with E-state index < -0.39 is 0 Å². The Morgan fingerprint density at radius 1 is 1.44 bits per heavy atom. The van der Waals surface area contributed by atoms with Gasteiger partial charge in [0, 0.05) is 20.2 Å². The minimum absolute atomic E-state index is 0.226. The highest BCUT2D eigenvalue weighted by Crippen LogP contribution is 2.17. The number of hydrogen-bond acceptors (Lipinski definition) is 3. The van der Waals surface area contributed by atoms with Crippen molar-refractivity contribution >= 4 is 11.0 Å². The van der Waals surface area contributed by atoms with Gasteiger partial charge in [0.1, 0.15) is 11.6 Å². The van der Waals surface area contributed by atoms with Crippen molar-refractivity contribution < 1.29 is 9.13 Å². The first kappa shape index (κ1) is 13.0. The number of aromatic nitrogens is 2. The maximum absolute atomic E-state index is 13.2. The van der Waals surface area contributed by atoms with Crippen molar-refractivity contribution in [1.82, 2.24) is 14.9 Å². The third-order valence-corrected chi connectivity index (χ3v) is 2.87. The lowest BCUT2D eigenvalue weighted by Crippen LogP contribution is -2.21. The molecule has 1 aromatic carbocycles. The third kappa shape index (κ3) is 2.68. The number of fused-ring (bicyclic) bond motifs is 1. The van der Waals surface area contributed by atoms with E-state index in [1.54, 1.807) is 13.2 Å². The van der Waals surface area contributed by atoms with Crippen LogP contribution in [0.2, 0.25) is 0 Å². The molecule has 0 spiro atoms. The van der Waals surface area contributed by atoms with Gasteiger partial charge in [-0.2, -0.15) is 0 Å². The molecule has 0 aliphatic heterocycles. The number of hydrogen-bond donors (Lipinski definition) is 1. The molecule has 0 bridgehead atoms. The Morgan fingerprint density at radius 2 is 2.28 bits per heavy atom. The predicted octanol–water partition coefficient (Wildman–Crippen LogP) is 1.93. The quantitative estimate of drug-likeness (QED) is 0.797. The molecule has 2 aromatic rings. The fourth-order valence-corrected chi connectivity index (χ4v) is 2.01. The lowest BCUT2D eigenvalue weighted by molar-refractivity contribution is 0.199. The molecule has 4 nitrogen and oxygen atoms in total. The average Bonchev–Trinajstić information content (AvgIpc) is 2.71. The number of methoxy groups -OCH3 is 1. The van der Waals surface area contributed by atoms with Crippen molar-refractivity contribution in [2.24, 2.45) is 0 Å². The Labute approximate surface area is 106 Å². The van der Waals surface area contributed by atoms with Crippen molar-refractivity contribution in [2.75, 3.05) is 20.3 Å². The summed E-state index contributed by atoms with van der Waals surface area (Å²) in [5, 5.41) is 3.25. The van der Waals surface area contributed by atoms with Crippen molar-refractivity contribution in [3.8, 4) is 0 Å². The Morgan fingerprint density at radius 3 is 3.00 bits per heavy atom. The van der Waals surface area contributed by atoms with E-state index in [1.807, 2.05) is 11.5 Å². The minimum atomic E-state index is -0.226. The van der Waals surface area contributed by atoms with Gasteiger partial charge in [-0.05, 0) is 25.1 Å². The molecule has 18 heavy (non-hydrogen) atoms. The zero-order valence-corrected chi connectivity index (χ0v) is 10.7. The SMILES string of the molecule is CCn1c(CNCCOC)nc2ccc(F)cc21. The number of nitrogens with one attached hydrogen (secondary N) is 1. The van der Waals surface area contributed by atoms with Crippen molar-refractivity contribution in [3.63, 3.8) is 0 Å². The summed E-state index contributed by atoms with van der Waals surface area (Å²) in [5.41, 5.74) is 1.68. The number of aryl methyl sites for hydroxylation is 1. The maximum atomic E-state index is 13.2. The molecule has 0 aliphatic carbocycles. The van der Waals surface area contributed by atoms with Crippen LogP contribution in [0.3, 0.4) is 0 Å². The number of ether oxygens (including phenoxy) is 1. The summed E-state index contributed by atoms with van der Waals surface area (Å²) in [7, 11) is 1.67. The van der Waals surface area contributed by atoms with Crippen LogP contribution in [-0.2, 0) is 17.8 Å². The molecule has 2 rings (SSSR count). The summed E-state index contributed by atoms with van der Waals surface area (Å²) in [6.45, 7) is 4.91. The van der Waals surface area contributed by atoms with Crippen LogP contribution in [-0.4, -0.2) is 29.8 Å². The van der Waals surface area contributed by atoms with E-state index in [-0.39, 0.29) is 5.82 Å². The Kier molecular flexibility index (Phi) is 4.28. The van der Waals surface area contributed by atoms with Crippen LogP contribution in [0.5, 0.6) is 0 Å². The molecule has 1 N–H and O–H groups in total. The summed E-state index contributed by atoms with van der Waals surface area (Å²) in [6, 6.07) is 4.69.